The number of hydrogen-bond donors (Lipinski definition) is 0. The number of hydrogen-bond acceptors (Lipinski definition) is 5. The van der Waals surface area contributed by atoms with Crippen LogP contribution >= 0.6 is 11.3 Å². The Bertz CT molecular complexity index is 849. The van der Waals surface area contributed by atoms with Gasteiger partial charge in [-0.1, -0.05) is 6.92 Å². The fourth-order valence-electron chi connectivity index (χ4n) is 3.70. The van der Waals surface area contributed by atoms with E-state index in [0.29, 0.717) is 29.5 Å². The van der Waals surface area contributed by atoms with Gasteiger partial charge in [0, 0.05) is 35.5 Å². The molecule has 2 heterocycles. The van der Waals surface area contributed by atoms with Crippen molar-refractivity contribution in [1.82, 2.24) is 4.57 Å². The van der Waals surface area contributed by atoms with Crippen LogP contribution in [0.25, 0.3) is 0 Å². The third-order valence-electron chi connectivity index (χ3n) is 5.26. The maximum absolute atomic E-state index is 12.6. The molecular weight excluding hydrogens is 362 g/mol. The molecule has 0 radical (unpaired) electrons. The summed E-state index contributed by atoms with van der Waals surface area (Å²) in [4.78, 5) is 26.8. The Morgan fingerprint density at radius 2 is 2.07 bits per heavy atom. The molecule has 0 saturated carbocycles. The van der Waals surface area contributed by atoms with Gasteiger partial charge < -0.3 is 14.0 Å². The number of ketones is 1. The molecule has 0 fully saturated rings. The molecule has 0 N–H and O–H groups in total. The number of fused-ring (bicyclic) bond motifs is 1. The van der Waals surface area contributed by atoms with Gasteiger partial charge in [0.15, 0.2) is 6.61 Å². The standard InChI is InChI=1S/C21H27NO4S/c1-13-5-6-19-16(9-13)11-20(27-19)21(24)26-12-18(23)17-10-14(2)22(15(17)3)7-8-25-4/h10-11,13H,5-9,12H2,1-4H3. The highest BCUT2D eigenvalue weighted by atomic mass is 32.1. The highest BCUT2D eigenvalue weighted by Crippen LogP contribution is 2.32. The Hall–Kier alpha value is -1.92. The van der Waals surface area contributed by atoms with E-state index in [0.717, 1.165) is 24.2 Å². The normalized spacial score (nSPS) is 16.2. The Kier molecular flexibility index (Phi) is 6.17. The molecule has 0 bridgehead atoms. The Labute approximate surface area is 164 Å². The molecule has 1 aliphatic rings. The molecule has 1 aliphatic carbocycles. The van der Waals surface area contributed by atoms with Gasteiger partial charge in [-0.25, -0.2) is 4.79 Å². The van der Waals surface area contributed by atoms with Crippen molar-refractivity contribution in [3.05, 3.63) is 44.4 Å². The van der Waals surface area contributed by atoms with Crippen molar-refractivity contribution in [2.75, 3.05) is 20.3 Å². The van der Waals surface area contributed by atoms with Crippen LogP contribution < -0.4 is 0 Å². The van der Waals surface area contributed by atoms with Crippen LogP contribution in [-0.2, 0) is 28.9 Å². The first kappa shape index (κ1) is 19.8. The number of aromatic nitrogens is 1. The Balaban J connectivity index is 1.63. The van der Waals surface area contributed by atoms with Gasteiger partial charge in [-0.05, 0) is 56.7 Å². The average molecular weight is 390 g/mol. The number of rotatable bonds is 7. The maximum Gasteiger partial charge on any atom is 0.348 e. The first-order valence-electron chi connectivity index (χ1n) is 9.38. The minimum absolute atomic E-state index is 0.171. The van der Waals surface area contributed by atoms with Gasteiger partial charge in [0.1, 0.15) is 4.88 Å². The van der Waals surface area contributed by atoms with Crippen molar-refractivity contribution >= 4 is 23.1 Å². The van der Waals surface area contributed by atoms with E-state index in [1.54, 1.807) is 7.11 Å². The smallest absolute Gasteiger partial charge is 0.348 e. The molecule has 3 rings (SSSR count). The number of Topliss-reactive ketones (excluding diaryl/α,β-unsaturated/α-hetero) is 1. The van der Waals surface area contributed by atoms with Crippen molar-refractivity contribution in [3.8, 4) is 0 Å². The van der Waals surface area contributed by atoms with E-state index in [4.69, 9.17) is 9.47 Å². The van der Waals surface area contributed by atoms with Crippen molar-refractivity contribution in [1.29, 1.82) is 0 Å². The van der Waals surface area contributed by atoms with Crippen LogP contribution in [0.4, 0.5) is 0 Å². The zero-order valence-electron chi connectivity index (χ0n) is 16.5. The van der Waals surface area contributed by atoms with Gasteiger partial charge in [0.05, 0.1) is 6.61 Å². The summed E-state index contributed by atoms with van der Waals surface area (Å²) in [5.41, 5.74) is 3.75. The lowest BCUT2D eigenvalue weighted by molar-refractivity contribution is 0.0479. The molecule has 1 unspecified atom stereocenters. The summed E-state index contributed by atoms with van der Waals surface area (Å²) in [5, 5.41) is 0. The van der Waals surface area contributed by atoms with E-state index in [1.165, 1.54) is 28.2 Å². The molecule has 0 saturated heterocycles. The van der Waals surface area contributed by atoms with E-state index >= 15 is 0 Å². The molecule has 0 aromatic carbocycles. The molecular formula is C21H27NO4S. The number of nitrogens with zero attached hydrogens (tertiary/aromatic N) is 1. The number of esters is 1. The average Bonchev–Trinajstić information content (AvgIpc) is 3.18. The Morgan fingerprint density at radius 1 is 1.30 bits per heavy atom. The summed E-state index contributed by atoms with van der Waals surface area (Å²) in [5.74, 6) is 0.0876. The van der Waals surface area contributed by atoms with Crippen LogP contribution in [0, 0.1) is 19.8 Å². The summed E-state index contributed by atoms with van der Waals surface area (Å²) < 4.78 is 12.5. The fraction of sp³-hybridized carbons (Fsp3) is 0.524. The predicted molar refractivity (Wildman–Crippen MR) is 106 cm³/mol. The number of ether oxygens (including phenoxy) is 2. The van der Waals surface area contributed by atoms with E-state index in [2.05, 4.69) is 6.92 Å². The molecule has 0 spiro atoms. The van der Waals surface area contributed by atoms with Crippen LogP contribution in [0.2, 0.25) is 0 Å². The lowest BCUT2D eigenvalue weighted by Gasteiger charge is -2.16. The van der Waals surface area contributed by atoms with Crippen LogP contribution in [0.1, 0.15) is 55.2 Å². The molecule has 2 aromatic rings. The quantitative estimate of drug-likeness (QED) is 0.531. The second-order valence-corrected chi connectivity index (χ2v) is 8.47. The number of carbonyl (C=O) groups excluding carboxylic acids is 2. The highest BCUT2D eigenvalue weighted by molar-refractivity contribution is 7.14. The minimum Gasteiger partial charge on any atom is -0.453 e. The number of methoxy groups -OCH3 is 1. The topological polar surface area (TPSA) is 57.5 Å². The lowest BCUT2D eigenvalue weighted by atomic mass is 9.90. The van der Waals surface area contributed by atoms with Gasteiger partial charge in [-0.3, -0.25) is 4.79 Å². The fourth-order valence-corrected chi connectivity index (χ4v) is 4.80. The minimum atomic E-state index is -0.399. The third kappa shape index (κ3) is 4.33. The monoisotopic (exact) mass is 389 g/mol. The molecule has 146 valence electrons. The molecule has 0 amide bonds. The van der Waals surface area contributed by atoms with E-state index < -0.39 is 5.97 Å². The third-order valence-corrected chi connectivity index (χ3v) is 6.47. The Morgan fingerprint density at radius 3 is 2.81 bits per heavy atom. The lowest BCUT2D eigenvalue weighted by Crippen LogP contribution is -2.15. The van der Waals surface area contributed by atoms with Gasteiger partial charge in [0.2, 0.25) is 5.78 Å². The molecule has 6 heteroatoms. The highest BCUT2D eigenvalue weighted by Gasteiger charge is 2.22. The van der Waals surface area contributed by atoms with Crippen molar-refractivity contribution < 1.29 is 19.1 Å². The number of aryl methyl sites for hydroxylation is 2. The largest absolute Gasteiger partial charge is 0.453 e. The van der Waals surface area contributed by atoms with E-state index in [-0.39, 0.29) is 12.4 Å². The van der Waals surface area contributed by atoms with Gasteiger partial charge in [-0.15, -0.1) is 11.3 Å². The van der Waals surface area contributed by atoms with Crippen LogP contribution in [0.5, 0.6) is 0 Å². The van der Waals surface area contributed by atoms with Gasteiger partial charge in [-0.2, -0.15) is 0 Å². The van der Waals surface area contributed by atoms with Crippen LogP contribution in [0.15, 0.2) is 12.1 Å². The molecule has 2 aromatic heterocycles. The summed E-state index contributed by atoms with van der Waals surface area (Å²) in [6.07, 6.45) is 3.21. The van der Waals surface area contributed by atoms with E-state index in [9.17, 15) is 9.59 Å². The van der Waals surface area contributed by atoms with Crippen LogP contribution in [-0.4, -0.2) is 36.6 Å². The van der Waals surface area contributed by atoms with Gasteiger partial charge in [0.25, 0.3) is 0 Å². The van der Waals surface area contributed by atoms with Crippen molar-refractivity contribution in [3.63, 3.8) is 0 Å². The SMILES string of the molecule is COCCn1c(C)cc(C(=O)COC(=O)c2cc3c(s2)CCC(C)C3)c1C. The predicted octanol–water partition coefficient (Wildman–Crippen LogP) is 3.98. The second-order valence-electron chi connectivity index (χ2n) is 7.34. The number of thiophene rings is 1. The summed E-state index contributed by atoms with van der Waals surface area (Å²) >= 11 is 1.51. The molecule has 0 aliphatic heterocycles. The van der Waals surface area contributed by atoms with Crippen molar-refractivity contribution in [2.24, 2.45) is 5.92 Å². The first-order valence-corrected chi connectivity index (χ1v) is 10.2. The zero-order valence-corrected chi connectivity index (χ0v) is 17.3. The zero-order chi connectivity index (χ0) is 19.6. The summed E-state index contributed by atoms with van der Waals surface area (Å²) in [7, 11) is 1.66. The second kappa shape index (κ2) is 8.40. The summed E-state index contributed by atoms with van der Waals surface area (Å²) in [6.45, 7) is 7.16. The first-order chi connectivity index (χ1) is 12.9. The van der Waals surface area contributed by atoms with E-state index in [1.807, 2.05) is 30.5 Å². The van der Waals surface area contributed by atoms with Crippen molar-refractivity contribution in [2.45, 2.75) is 46.6 Å². The van der Waals surface area contributed by atoms with Gasteiger partial charge >= 0.3 is 5.97 Å². The molecule has 27 heavy (non-hydrogen) atoms. The maximum atomic E-state index is 12.6. The number of carbonyl (C=O) groups is 2. The molecule has 1 atom stereocenters. The van der Waals surface area contributed by atoms with Crippen LogP contribution in [0.3, 0.4) is 0 Å². The summed E-state index contributed by atoms with van der Waals surface area (Å²) in [6, 6.07) is 3.80. The molecule has 5 nitrogen and oxygen atoms in total.